The molecule has 0 unspecified atom stereocenters. The Kier molecular flexibility index (Phi) is 5.63. The predicted molar refractivity (Wildman–Crippen MR) is 102 cm³/mol. The van der Waals surface area contributed by atoms with Crippen LogP contribution in [0.25, 0.3) is 11.0 Å². The van der Waals surface area contributed by atoms with Crippen molar-refractivity contribution in [3.63, 3.8) is 0 Å². The second-order valence-corrected chi connectivity index (χ2v) is 6.08. The lowest BCUT2D eigenvalue weighted by Crippen LogP contribution is -2.14. The number of aromatic nitrogens is 2. The molecule has 0 saturated heterocycles. The summed E-state index contributed by atoms with van der Waals surface area (Å²) in [5.41, 5.74) is 8.82. The van der Waals surface area contributed by atoms with E-state index in [9.17, 15) is 0 Å². The van der Waals surface area contributed by atoms with Gasteiger partial charge in [-0.15, -0.1) is 0 Å². The zero-order chi connectivity index (χ0) is 18.5. The van der Waals surface area contributed by atoms with Gasteiger partial charge in [-0.3, -0.25) is 0 Å². The number of hydrogen-bond acceptors (Lipinski definition) is 5. The number of rotatable bonds is 8. The molecule has 2 N–H and O–H groups in total. The average molecular weight is 355 g/mol. The third-order valence-electron chi connectivity index (χ3n) is 4.31. The standard InChI is InChI=1S/C20H25N3O3/c1-14-4-6-15(7-5-14)26-11-10-23-17-13-19(25-3)18(24-2)12-16(17)22-20(23)8-9-21/h4-7,12-13H,8-11,21H2,1-3H3. The smallest absolute Gasteiger partial charge is 0.163 e. The van der Waals surface area contributed by atoms with Crippen LogP contribution in [0, 0.1) is 6.92 Å². The monoisotopic (exact) mass is 355 g/mol. The Hall–Kier alpha value is -2.73. The van der Waals surface area contributed by atoms with Crippen molar-refractivity contribution < 1.29 is 14.2 Å². The van der Waals surface area contributed by atoms with Gasteiger partial charge in [-0.25, -0.2) is 4.98 Å². The van der Waals surface area contributed by atoms with Crippen molar-refractivity contribution in [1.29, 1.82) is 0 Å². The first kappa shape index (κ1) is 18.1. The summed E-state index contributed by atoms with van der Waals surface area (Å²) in [6.45, 7) is 3.81. The van der Waals surface area contributed by atoms with Crippen LogP contribution >= 0.6 is 0 Å². The van der Waals surface area contributed by atoms with Crippen LogP contribution in [0.5, 0.6) is 17.2 Å². The van der Waals surface area contributed by atoms with E-state index in [1.807, 2.05) is 36.4 Å². The van der Waals surface area contributed by atoms with Crippen LogP contribution in [0.3, 0.4) is 0 Å². The SMILES string of the molecule is COc1cc2nc(CCN)n(CCOc3ccc(C)cc3)c2cc1OC. The molecule has 1 heterocycles. The number of imidazole rings is 1. The molecule has 3 aromatic rings. The van der Waals surface area contributed by atoms with Crippen LogP contribution in [0.4, 0.5) is 0 Å². The normalized spacial score (nSPS) is 10.9. The van der Waals surface area contributed by atoms with Gasteiger partial charge in [0.05, 0.1) is 31.8 Å². The van der Waals surface area contributed by atoms with Crippen molar-refractivity contribution in [1.82, 2.24) is 9.55 Å². The maximum absolute atomic E-state index is 5.88. The van der Waals surface area contributed by atoms with E-state index in [1.165, 1.54) is 5.56 Å². The molecule has 0 radical (unpaired) electrons. The molecule has 0 amide bonds. The first-order chi connectivity index (χ1) is 12.7. The third-order valence-corrected chi connectivity index (χ3v) is 4.31. The largest absolute Gasteiger partial charge is 0.493 e. The van der Waals surface area contributed by atoms with Crippen LogP contribution in [0.2, 0.25) is 0 Å². The molecule has 138 valence electrons. The zero-order valence-electron chi connectivity index (χ0n) is 15.5. The van der Waals surface area contributed by atoms with Gasteiger partial charge in [-0.1, -0.05) is 17.7 Å². The number of hydrogen-bond donors (Lipinski definition) is 1. The minimum absolute atomic E-state index is 0.538. The predicted octanol–water partition coefficient (Wildman–Crippen LogP) is 2.94. The molecule has 0 aliphatic carbocycles. The van der Waals surface area contributed by atoms with Gasteiger partial charge in [0.2, 0.25) is 0 Å². The quantitative estimate of drug-likeness (QED) is 0.673. The van der Waals surface area contributed by atoms with Gasteiger partial charge in [0.15, 0.2) is 11.5 Å². The van der Waals surface area contributed by atoms with Crippen molar-refractivity contribution in [2.45, 2.75) is 19.9 Å². The van der Waals surface area contributed by atoms with Crippen LogP contribution in [0.15, 0.2) is 36.4 Å². The van der Waals surface area contributed by atoms with Crippen LogP contribution in [0.1, 0.15) is 11.4 Å². The Morgan fingerprint density at radius 3 is 2.38 bits per heavy atom. The maximum Gasteiger partial charge on any atom is 0.163 e. The highest BCUT2D eigenvalue weighted by Crippen LogP contribution is 2.32. The number of nitrogens with two attached hydrogens (primary N) is 1. The van der Waals surface area contributed by atoms with Gasteiger partial charge < -0.3 is 24.5 Å². The van der Waals surface area contributed by atoms with E-state index in [0.29, 0.717) is 37.6 Å². The lowest BCUT2D eigenvalue weighted by atomic mass is 10.2. The van der Waals surface area contributed by atoms with Crippen molar-refractivity contribution >= 4 is 11.0 Å². The van der Waals surface area contributed by atoms with Crippen LogP contribution in [-0.4, -0.2) is 36.9 Å². The molecule has 26 heavy (non-hydrogen) atoms. The zero-order valence-corrected chi connectivity index (χ0v) is 15.5. The number of ether oxygens (including phenoxy) is 3. The van der Waals surface area contributed by atoms with E-state index in [-0.39, 0.29) is 0 Å². The Labute approximate surface area is 153 Å². The van der Waals surface area contributed by atoms with Crippen molar-refractivity contribution in [2.24, 2.45) is 5.73 Å². The topological polar surface area (TPSA) is 71.5 Å². The maximum atomic E-state index is 5.88. The highest BCUT2D eigenvalue weighted by atomic mass is 16.5. The van der Waals surface area contributed by atoms with Gasteiger partial charge in [-0.2, -0.15) is 0 Å². The summed E-state index contributed by atoms with van der Waals surface area (Å²) in [5.74, 6) is 3.14. The summed E-state index contributed by atoms with van der Waals surface area (Å²) in [5, 5.41) is 0. The van der Waals surface area contributed by atoms with Gasteiger partial charge in [0.25, 0.3) is 0 Å². The second-order valence-electron chi connectivity index (χ2n) is 6.08. The number of aryl methyl sites for hydroxylation is 1. The summed E-state index contributed by atoms with van der Waals surface area (Å²) in [7, 11) is 3.25. The molecule has 6 heteroatoms. The molecule has 0 bridgehead atoms. The molecule has 0 aliphatic heterocycles. The number of fused-ring (bicyclic) bond motifs is 1. The molecule has 1 aromatic heterocycles. The van der Waals surface area contributed by atoms with E-state index >= 15 is 0 Å². The van der Waals surface area contributed by atoms with E-state index in [0.717, 1.165) is 22.6 Å². The lowest BCUT2D eigenvalue weighted by Gasteiger charge is -2.12. The van der Waals surface area contributed by atoms with Crippen LogP contribution in [-0.2, 0) is 13.0 Å². The van der Waals surface area contributed by atoms with Gasteiger partial charge >= 0.3 is 0 Å². The summed E-state index contributed by atoms with van der Waals surface area (Å²) < 4.78 is 18.8. The third kappa shape index (κ3) is 3.75. The number of nitrogens with zero attached hydrogens (tertiary/aromatic N) is 2. The molecule has 0 spiro atoms. The fraction of sp³-hybridized carbons (Fsp3) is 0.350. The summed E-state index contributed by atoms with van der Waals surface area (Å²) in [4.78, 5) is 4.72. The van der Waals surface area contributed by atoms with E-state index in [4.69, 9.17) is 24.9 Å². The summed E-state index contributed by atoms with van der Waals surface area (Å²) in [6, 6.07) is 11.9. The molecule has 3 rings (SSSR count). The van der Waals surface area contributed by atoms with E-state index in [2.05, 4.69) is 11.5 Å². The minimum atomic E-state index is 0.538. The molecule has 2 aromatic carbocycles. The van der Waals surface area contributed by atoms with Crippen molar-refractivity contribution in [2.75, 3.05) is 27.4 Å². The number of benzene rings is 2. The fourth-order valence-electron chi connectivity index (χ4n) is 2.96. The molecule has 0 atom stereocenters. The van der Waals surface area contributed by atoms with Crippen molar-refractivity contribution in [3.8, 4) is 17.2 Å². The molecule has 0 saturated carbocycles. The van der Waals surface area contributed by atoms with Gasteiger partial charge in [0, 0.05) is 18.6 Å². The Morgan fingerprint density at radius 2 is 1.73 bits per heavy atom. The Morgan fingerprint density at radius 1 is 1.04 bits per heavy atom. The fourth-order valence-corrected chi connectivity index (χ4v) is 2.96. The molecular weight excluding hydrogens is 330 g/mol. The van der Waals surface area contributed by atoms with Crippen LogP contribution < -0.4 is 19.9 Å². The second kappa shape index (κ2) is 8.10. The average Bonchev–Trinajstić information content (AvgIpc) is 2.99. The molecule has 0 aliphatic rings. The van der Waals surface area contributed by atoms with E-state index < -0.39 is 0 Å². The molecule has 0 fully saturated rings. The van der Waals surface area contributed by atoms with Gasteiger partial charge in [0.1, 0.15) is 18.2 Å². The first-order valence-electron chi connectivity index (χ1n) is 8.67. The van der Waals surface area contributed by atoms with E-state index in [1.54, 1.807) is 14.2 Å². The highest BCUT2D eigenvalue weighted by molar-refractivity contribution is 5.80. The lowest BCUT2D eigenvalue weighted by molar-refractivity contribution is 0.298. The minimum Gasteiger partial charge on any atom is -0.493 e. The first-order valence-corrected chi connectivity index (χ1v) is 8.67. The summed E-state index contributed by atoms with van der Waals surface area (Å²) in [6.07, 6.45) is 0.698. The molecular formula is C20H25N3O3. The van der Waals surface area contributed by atoms with Crippen molar-refractivity contribution in [3.05, 3.63) is 47.8 Å². The Bertz CT molecular complexity index is 872. The highest BCUT2D eigenvalue weighted by Gasteiger charge is 2.15. The van der Waals surface area contributed by atoms with Gasteiger partial charge in [-0.05, 0) is 25.6 Å². The Balaban J connectivity index is 1.86. The molecule has 6 nitrogen and oxygen atoms in total. The summed E-state index contributed by atoms with van der Waals surface area (Å²) >= 11 is 0. The number of methoxy groups -OCH3 is 2.